The van der Waals surface area contributed by atoms with Crippen molar-refractivity contribution >= 4 is 12.4 Å². The van der Waals surface area contributed by atoms with Gasteiger partial charge in [0, 0.05) is 12.1 Å². The van der Waals surface area contributed by atoms with Crippen molar-refractivity contribution < 1.29 is 0 Å². The first-order valence-electron chi connectivity index (χ1n) is 4.73. The predicted molar refractivity (Wildman–Crippen MR) is 53.6 cm³/mol. The minimum absolute atomic E-state index is 0. The molecule has 72 valence electrons. The third-order valence-electron chi connectivity index (χ3n) is 3.53. The number of nitrogens with two attached hydrogens (primary N) is 1. The van der Waals surface area contributed by atoms with Crippen molar-refractivity contribution in [1.29, 1.82) is 0 Å². The number of halogens is 1. The van der Waals surface area contributed by atoms with E-state index in [4.69, 9.17) is 5.73 Å². The summed E-state index contributed by atoms with van der Waals surface area (Å²) in [6.45, 7) is 0.904. The summed E-state index contributed by atoms with van der Waals surface area (Å²) >= 11 is 0. The van der Waals surface area contributed by atoms with Crippen molar-refractivity contribution in [3.05, 3.63) is 0 Å². The lowest BCUT2D eigenvalue weighted by molar-refractivity contribution is 0.137. The number of nitrogens with zero attached hydrogens (tertiary/aromatic N) is 1. The molecular weight excluding hydrogens is 172 g/mol. The van der Waals surface area contributed by atoms with Crippen molar-refractivity contribution in [2.24, 2.45) is 11.7 Å². The van der Waals surface area contributed by atoms with E-state index in [1.54, 1.807) is 0 Å². The number of piperidine rings is 1. The predicted octanol–water partition coefficient (Wildman–Crippen LogP) is 1.24. The Labute approximate surface area is 80.9 Å². The molecule has 0 aromatic carbocycles. The molecule has 2 aliphatic rings. The Balaban J connectivity index is 0.000000720. The van der Waals surface area contributed by atoms with Crippen molar-refractivity contribution in [2.75, 3.05) is 13.6 Å². The van der Waals surface area contributed by atoms with Crippen LogP contribution in [0, 0.1) is 5.92 Å². The molecule has 0 amide bonds. The topological polar surface area (TPSA) is 29.3 Å². The summed E-state index contributed by atoms with van der Waals surface area (Å²) in [6.07, 6.45) is 5.53. The van der Waals surface area contributed by atoms with Crippen LogP contribution in [0.3, 0.4) is 0 Å². The highest BCUT2D eigenvalue weighted by molar-refractivity contribution is 5.85. The summed E-state index contributed by atoms with van der Waals surface area (Å²) in [5, 5.41) is 0. The summed E-state index contributed by atoms with van der Waals surface area (Å²) < 4.78 is 0. The highest BCUT2D eigenvalue weighted by Gasteiger charge is 2.37. The number of fused-ring (bicyclic) bond motifs is 2. The molecule has 12 heavy (non-hydrogen) atoms. The van der Waals surface area contributed by atoms with Crippen LogP contribution in [-0.4, -0.2) is 30.6 Å². The Morgan fingerprint density at radius 3 is 2.17 bits per heavy atom. The summed E-state index contributed by atoms with van der Waals surface area (Å²) in [7, 11) is 2.27. The third-order valence-corrected chi connectivity index (χ3v) is 3.53. The van der Waals surface area contributed by atoms with E-state index in [1.165, 1.54) is 25.7 Å². The third kappa shape index (κ3) is 1.61. The largest absolute Gasteiger partial charge is 0.330 e. The Morgan fingerprint density at radius 1 is 1.25 bits per heavy atom. The molecule has 0 aromatic rings. The van der Waals surface area contributed by atoms with Crippen LogP contribution in [0.5, 0.6) is 0 Å². The maximum absolute atomic E-state index is 5.68. The maximum atomic E-state index is 5.68. The first-order chi connectivity index (χ1) is 5.31. The van der Waals surface area contributed by atoms with E-state index < -0.39 is 0 Å². The molecule has 0 aromatic heterocycles. The van der Waals surface area contributed by atoms with Gasteiger partial charge < -0.3 is 10.6 Å². The Morgan fingerprint density at radius 2 is 1.75 bits per heavy atom. The average Bonchev–Trinajstić information content (AvgIpc) is 2.26. The van der Waals surface area contributed by atoms with Crippen LogP contribution in [0.1, 0.15) is 25.7 Å². The van der Waals surface area contributed by atoms with E-state index in [9.17, 15) is 0 Å². The van der Waals surface area contributed by atoms with E-state index in [0.29, 0.717) is 0 Å². The van der Waals surface area contributed by atoms with Crippen LogP contribution in [0.25, 0.3) is 0 Å². The molecule has 2 nitrogen and oxygen atoms in total. The van der Waals surface area contributed by atoms with Crippen molar-refractivity contribution in [3.8, 4) is 0 Å². The highest BCUT2D eigenvalue weighted by Crippen LogP contribution is 2.36. The van der Waals surface area contributed by atoms with Gasteiger partial charge in [-0.05, 0) is 45.2 Å². The van der Waals surface area contributed by atoms with Gasteiger partial charge in [0.05, 0.1) is 0 Å². The van der Waals surface area contributed by atoms with Gasteiger partial charge in [-0.2, -0.15) is 0 Å². The molecule has 2 aliphatic heterocycles. The normalized spacial score (nSPS) is 41.0. The molecule has 3 heteroatoms. The molecule has 0 aliphatic carbocycles. The van der Waals surface area contributed by atoms with E-state index in [-0.39, 0.29) is 12.4 Å². The first kappa shape index (κ1) is 10.3. The Hall–Kier alpha value is 0.210. The Kier molecular flexibility index (Phi) is 3.38. The molecule has 2 fully saturated rings. The lowest BCUT2D eigenvalue weighted by Gasteiger charge is -2.35. The second kappa shape index (κ2) is 3.95. The minimum atomic E-state index is 0. The summed E-state index contributed by atoms with van der Waals surface area (Å²) in [5.41, 5.74) is 5.68. The van der Waals surface area contributed by atoms with E-state index in [0.717, 1.165) is 24.5 Å². The fraction of sp³-hybridized carbons (Fsp3) is 1.00. The fourth-order valence-electron chi connectivity index (χ4n) is 2.72. The smallest absolute Gasteiger partial charge is 0.00988 e. The van der Waals surface area contributed by atoms with Crippen LogP contribution in [0.4, 0.5) is 0 Å². The second-order valence-electron chi connectivity index (χ2n) is 4.12. The molecule has 2 saturated heterocycles. The summed E-state index contributed by atoms with van der Waals surface area (Å²) in [6, 6.07) is 1.73. The fourth-order valence-corrected chi connectivity index (χ4v) is 2.72. The molecule has 0 saturated carbocycles. The van der Waals surface area contributed by atoms with Gasteiger partial charge in [0.25, 0.3) is 0 Å². The van der Waals surface area contributed by atoms with Crippen LogP contribution in [0.2, 0.25) is 0 Å². The van der Waals surface area contributed by atoms with Crippen molar-refractivity contribution in [3.63, 3.8) is 0 Å². The van der Waals surface area contributed by atoms with Crippen molar-refractivity contribution in [2.45, 2.75) is 37.8 Å². The van der Waals surface area contributed by atoms with E-state index in [1.807, 2.05) is 0 Å². The van der Waals surface area contributed by atoms with Gasteiger partial charge in [0.15, 0.2) is 0 Å². The van der Waals surface area contributed by atoms with Gasteiger partial charge in [0.2, 0.25) is 0 Å². The summed E-state index contributed by atoms with van der Waals surface area (Å²) in [4.78, 5) is 2.56. The van der Waals surface area contributed by atoms with Crippen LogP contribution < -0.4 is 5.73 Å². The van der Waals surface area contributed by atoms with Crippen LogP contribution >= 0.6 is 12.4 Å². The molecule has 2 atom stereocenters. The highest BCUT2D eigenvalue weighted by atomic mass is 35.5. The van der Waals surface area contributed by atoms with Gasteiger partial charge in [-0.15, -0.1) is 12.4 Å². The average molecular weight is 191 g/mol. The maximum Gasteiger partial charge on any atom is 0.00988 e. The van der Waals surface area contributed by atoms with Gasteiger partial charge in [-0.25, -0.2) is 0 Å². The molecule has 2 bridgehead atoms. The number of hydrogen-bond acceptors (Lipinski definition) is 2. The molecular formula is C9H19ClN2. The minimum Gasteiger partial charge on any atom is -0.330 e. The van der Waals surface area contributed by atoms with Crippen LogP contribution in [0.15, 0.2) is 0 Å². The zero-order chi connectivity index (χ0) is 7.84. The lowest BCUT2D eigenvalue weighted by Crippen LogP contribution is -2.41. The zero-order valence-electron chi connectivity index (χ0n) is 7.70. The molecule has 0 spiro atoms. The first-order valence-corrected chi connectivity index (χ1v) is 4.73. The van der Waals surface area contributed by atoms with E-state index in [2.05, 4.69) is 11.9 Å². The van der Waals surface area contributed by atoms with Gasteiger partial charge in [0.1, 0.15) is 0 Å². The molecule has 2 rings (SSSR count). The molecule has 2 N–H and O–H groups in total. The van der Waals surface area contributed by atoms with Gasteiger partial charge >= 0.3 is 0 Å². The monoisotopic (exact) mass is 190 g/mol. The summed E-state index contributed by atoms with van der Waals surface area (Å²) in [5.74, 6) is 0.823. The SMILES string of the molecule is CN1C2CCC1CC(CN)C2.Cl. The standard InChI is InChI=1S/C9H18N2.ClH/c1-11-8-2-3-9(11)5-7(4-8)6-10;/h7-9H,2-6,10H2,1H3;1H. The second-order valence-corrected chi connectivity index (χ2v) is 4.12. The molecule has 2 heterocycles. The van der Waals surface area contributed by atoms with Crippen molar-refractivity contribution in [1.82, 2.24) is 4.90 Å². The lowest BCUT2D eigenvalue weighted by atomic mass is 9.91. The molecule has 0 radical (unpaired) electrons. The quantitative estimate of drug-likeness (QED) is 0.674. The van der Waals surface area contributed by atoms with Crippen LogP contribution in [-0.2, 0) is 0 Å². The number of hydrogen-bond donors (Lipinski definition) is 1. The Bertz CT molecular complexity index is 137. The van der Waals surface area contributed by atoms with E-state index >= 15 is 0 Å². The molecule has 2 unspecified atom stereocenters. The van der Waals surface area contributed by atoms with Gasteiger partial charge in [-0.1, -0.05) is 0 Å². The number of rotatable bonds is 1. The zero-order valence-corrected chi connectivity index (χ0v) is 8.52. The van der Waals surface area contributed by atoms with Gasteiger partial charge in [-0.3, -0.25) is 0 Å².